The Morgan fingerprint density at radius 2 is 2.05 bits per heavy atom. The van der Waals surface area contributed by atoms with Crippen LogP contribution in [0.2, 0.25) is 0 Å². The second kappa shape index (κ2) is 7.57. The minimum atomic E-state index is -2.77. The third-order valence-electron chi connectivity index (χ3n) is 3.72. The van der Waals surface area contributed by atoms with Crippen molar-refractivity contribution in [2.75, 3.05) is 51.8 Å². The molecule has 0 radical (unpaired) electrons. The van der Waals surface area contributed by atoms with Crippen LogP contribution in [0.1, 0.15) is 20.3 Å². The van der Waals surface area contributed by atoms with Crippen molar-refractivity contribution in [3.63, 3.8) is 0 Å². The number of nitrogens with zero attached hydrogens (tertiary/aromatic N) is 2. The molecule has 0 amide bonds. The molecule has 6 heteroatoms. The Hall–Kier alpha value is -0.170. The van der Waals surface area contributed by atoms with Crippen LogP contribution in [0, 0.1) is 0 Å². The lowest BCUT2D eigenvalue weighted by atomic mass is 10.2. The quantitative estimate of drug-likeness (QED) is 0.684. The van der Waals surface area contributed by atoms with Crippen molar-refractivity contribution >= 4 is 9.84 Å². The Morgan fingerprint density at radius 3 is 2.53 bits per heavy atom. The molecule has 114 valence electrons. The average molecular weight is 291 g/mol. The van der Waals surface area contributed by atoms with Crippen LogP contribution in [0.15, 0.2) is 0 Å². The van der Waals surface area contributed by atoms with Gasteiger partial charge in [0.05, 0.1) is 11.5 Å². The zero-order valence-corrected chi connectivity index (χ0v) is 13.5. The first-order chi connectivity index (χ1) is 8.84. The van der Waals surface area contributed by atoms with E-state index in [1.807, 2.05) is 0 Å². The van der Waals surface area contributed by atoms with E-state index in [0.29, 0.717) is 17.5 Å². The maximum absolute atomic E-state index is 11.4. The fraction of sp³-hybridized carbons (Fsp3) is 1.00. The van der Waals surface area contributed by atoms with Crippen molar-refractivity contribution in [1.29, 1.82) is 0 Å². The maximum Gasteiger partial charge on any atom is 0.151 e. The molecule has 0 aromatic rings. The number of rotatable bonds is 8. The minimum Gasteiger partial charge on any atom is -0.312 e. The topological polar surface area (TPSA) is 52.7 Å². The van der Waals surface area contributed by atoms with Crippen molar-refractivity contribution in [3.05, 3.63) is 0 Å². The highest BCUT2D eigenvalue weighted by molar-refractivity contribution is 7.91. The van der Waals surface area contributed by atoms with Gasteiger partial charge in [-0.15, -0.1) is 0 Å². The SMILES string of the molecule is CCN(CCNC1CCS(=O)(=O)C1)C(C)CN(C)C. The molecule has 1 heterocycles. The maximum atomic E-state index is 11.4. The van der Waals surface area contributed by atoms with E-state index in [9.17, 15) is 8.42 Å². The first-order valence-corrected chi connectivity index (χ1v) is 8.98. The molecule has 1 N–H and O–H groups in total. The molecular formula is C13H29N3O2S. The van der Waals surface area contributed by atoms with E-state index in [0.717, 1.165) is 32.6 Å². The summed E-state index contributed by atoms with van der Waals surface area (Å²) in [7, 11) is 1.41. The van der Waals surface area contributed by atoms with Gasteiger partial charge in [0.1, 0.15) is 0 Å². The molecule has 0 saturated carbocycles. The van der Waals surface area contributed by atoms with Crippen molar-refractivity contribution in [1.82, 2.24) is 15.1 Å². The van der Waals surface area contributed by atoms with E-state index in [1.54, 1.807) is 0 Å². The number of likely N-dealkylation sites (N-methyl/N-ethyl adjacent to an activating group) is 2. The summed E-state index contributed by atoms with van der Waals surface area (Å²) in [6, 6.07) is 0.682. The summed E-state index contributed by atoms with van der Waals surface area (Å²) < 4.78 is 22.7. The lowest BCUT2D eigenvalue weighted by Gasteiger charge is -2.30. The van der Waals surface area contributed by atoms with E-state index in [-0.39, 0.29) is 6.04 Å². The third kappa shape index (κ3) is 6.21. The second-order valence-electron chi connectivity index (χ2n) is 5.79. The lowest BCUT2D eigenvalue weighted by Crippen LogP contribution is -2.44. The molecule has 0 bridgehead atoms. The molecule has 0 spiro atoms. The van der Waals surface area contributed by atoms with Crippen LogP contribution in [0.4, 0.5) is 0 Å². The van der Waals surface area contributed by atoms with Gasteiger partial charge < -0.3 is 10.2 Å². The summed E-state index contributed by atoms with van der Waals surface area (Å²) in [6.07, 6.45) is 0.766. The standard InChI is InChI=1S/C13H29N3O2S/c1-5-16(12(2)10-15(3)4)8-7-14-13-6-9-19(17,18)11-13/h12-14H,5-11H2,1-4H3. The van der Waals surface area contributed by atoms with Crippen LogP contribution < -0.4 is 5.32 Å². The molecule has 0 aromatic heterocycles. The van der Waals surface area contributed by atoms with Gasteiger partial charge in [0, 0.05) is 31.7 Å². The highest BCUT2D eigenvalue weighted by atomic mass is 32.2. The van der Waals surface area contributed by atoms with Gasteiger partial charge in [-0.25, -0.2) is 8.42 Å². The lowest BCUT2D eigenvalue weighted by molar-refractivity contribution is 0.181. The van der Waals surface area contributed by atoms with Gasteiger partial charge in [-0.1, -0.05) is 6.92 Å². The molecule has 5 nitrogen and oxygen atoms in total. The number of sulfone groups is 1. The van der Waals surface area contributed by atoms with Crippen molar-refractivity contribution in [3.8, 4) is 0 Å². The van der Waals surface area contributed by atoms with Gasteiger partial charge >= 0.3 is 0 Å². The highest BCUT2D eigenvalue weighted by Gasteiger charge is 2.27. The van der Waals surface area contributed by atoms with Crippen molar-refractivity contribution < 1.29 is 8.42 Å². The number of hydrogen-bond acceptors (Lipinski definition) is 5. The summed E-state index contributed by atoms with van der Waals surface area (Å²) in [6.45, 7) is 8.33. The van der Waals surface area contributed by atoms with Gasteiger partial charge in [0.2, 0.25) is 0 Å². The van der Waals surface area contributed by atoms with Gasteiger partial charge in [-0.3, -0.25) is 4.90 Å². The Bertz CT molecular complexity index is 357. The van der Waals surface area contributed by atoms with E-state index < -0.39 is 9.84 Å². The van der Waals surface area contributed by atoms with Crippen LogP contribution in [-0.2, 0) is 9.84 Å². The second-order valence-corrected chi connectivity index (χ2v) is 8.02. The fourth-order valence-corrected chi connectivity index (χ4v) is 4.41. The molecule has 2 unspecified atom stereocenters. The Balaban J connectivity index is 2.26. The Labute approximate surface area is 118 Å². The van der Waals surface area contributed by atoms with Gasteiger partial charge in [-0.05, 0) is 34.0 Å². The summed E-state index contributed by atoms with van der Waals surface area (Å²) in [5, 5.41) is 3.38. The van der Waals surface area contributed by atoms with Crippen LogP contribution in [0.5, 0.6) is 0 Å². The van der Waals surface area contributed by atoms with Crippen LogP contribution in [-0.4, -0.2) is 82.1 Å². The number of nitrogens with one attached hydrogen (secondary N) is 1. The van der Waals surface area contributed by atoms with E-state index in [1.165, 1.54) is 0 Å². The highest BCUT2D eigenvalue weighted by Crippen LogP contribution is 2.11. The van der Waals surface area contributed by atoms with Gasteiger partial charge in [0.15, 0.2) is 9.84 Å². The fourth-order valence-electron chi connectivity index (χ4n) is 2.70. The molecule has 1 fully saturated rings. The summed E-state index contributed by atoms with van der Waals surface area (Å²) in [5.41, 5.74) is 0. The zero-order chi connectivity index (χ0) is 14.5. The van der Waals surface area contributed by atoms with Gasteiger partial charge in [0.25, 0.3) is 0 Å². The summed E-state index contributed by atoms with van der Waals surface area (Å²) in [4.78, 5) is 4.63. The smallest absolute Gasteiger partial charge is 0.151 e. The molecule has 19 heavy (non-hydrogen) atoms. The van der Waals surface area contributed by atoms with E-state index in [4.69, 9.17) is 0 Å². The van der Waals surface area contributed by atoms with Crippen LogP contribution in [0.3, 0.4) is 0 Å². The molecule has 1 aliphatic rings. The molecule has 0 aliphatic carbocycles. The molecule has 1 aliphatic heterocycles. The molecule has 1 saturated heterocycles. The zero-order valence-electron chi connectivity index (χ0n) is 12.7. The molecule has 1 rings (SSSR count). The summed E-state index contributed by atoms with van der Waals surface area (Å²) in [5.74, 6) is 0.658. The Morgan fingerprint density at radius 1 is 1.37 bits per heavy atom. The predicted molar refractivity (Wildman–Crippen MR) is 80.3 cm³/mol. The minimum absolute atomic E-state index is 0.160. The van der Waals surface area contributed by atoms with Crippen molar-refractivity contribution in [2.24, 2.45) is 0 Å². The first-order valence-electron chi connectivity index (χ1n) is 7.16. The largest absolute Gasteiger partial charge is 0.312 e. The summed E-state index contributed by atoms with van der Waals surface area (Å²) >= 11 is 0. The van der Waals surface area contributed by atoms with E-state index in [2.05, 4.69) is 43.1 Å². The molecular weight excluding hydrogens is 262 g/mol. The Kier molecular flexibility index (Phi) is 6.73. The normalized spacial score (nSPS) is 24.2. The third-order valence-corrected chi connectivity index (χ3v) is 5.49. The molecule has 0 aromatic carbocycles. The van der Waals surface area contributed by atoms with Crippen LogP contribution >= 0.6 is 0 Å². The van der Waals surface area contributed by atoms with Crippen molar-refractivity contribution in [2.45, 2.75) is 32.4 Å². The van der Waals surface area contributed by atoms with E-state index >= 15 is 0 Å². The average Bonchev–Trinajstić information content (AvgIpc) is 2.63. The predicted octanol–water partition coefficient (Wildman–Crippen LogP) is 0.0351. The van der Waals surface area contributed by atoms with Crippen LogP contribution in [0.25, 0.3) is 0 Å². The van der Waals surface area contributed by atoms with Gasteiger partial charge in [-0.2, -0.15) is 0 Å². The first kappa shape index (κ1) is 16.9. The molecule has 2 atom stereocenters. The monoisotopic (exact) mass is 291 g/mol. The number of hydrogen-bond donors (Lipinski definition) is 1.